The molecule has 0 aliphatic heterocycles. The highest BCUT2D eigenvalue weighted by Crippen LogP contribution is 2.23. The fraction of sp³-hybridized carbons (Fsp3) is 0.143. The van der Waals surface area contributed by atoms with Crippen LogP contribution in [0.25, 0.3) is 0 Å². The molecule has 1 aromatic rings. The van der Waals surface area contributed by atoms with Gasteiger partial charge in [-0.05, 0) is 6.07 Å². The molecule has 0 aliphatic rings. The molecule has 1 nitrogen and oxygen atoms in total. The molecule has 0 fully saturated rings. The van der Waals surface area contributed by atoms with Crippen molar-refractivity contribution in [2.75, 3.05) is 0 Å². The number of halogens is 6. The van der Waals surface area contributed by atoms with Crippen LogP contribution >= 0.6 is 0 Å². The summed E-state index contributed by atoms with van der Waals surface area (Å²) in [5.74, 6) is -11.9. The summed E-state index contributed by atoms with van der Waals surface area (Å²) in [4.78, 5) is -1.40. The molecule has 0 bridgehead atoms. The minimum atomic E-state index is -3.51. The van der Waals surface area contributed by atoms with E-state index in [1.54, 1.807) is 0 Å². The van der Waals surface area contributed by atoms with E-state index in [2.05, 4.69) is 0 Å². The van der Waals surface area contributed by atoms with Crippen LogP contribution in [0.1, 0.15) is 0 Å². The normalized spacial score (nSPS) is 13.3. The molecule has 8 heteroatoms. The number of alkyl halides is 2. The van der Waals surface area contributed by atoms with Crippen LogP contribution in [-0.2, 0) is 10.8 Å². The van der Waals surface area contributed by atoms with Gasteiger partial charge in [-0.15, -0.1) is 0 Å². The molecule has 0 aromatic heterocycles. The van der Waals surface area contributed by atoms with E-state index in [-0.39, 0.29) is 6.07 Å². The van der Waals surface area contributed by atoms with Crippen molar-refractivity contribution in [2.45, 2.75) is 10.7 Å². The van der Waals surface area contributed by atoms with E-state index in [1.165, 1.54) is 0 Å². The second-order valence-corrected chi connectivity index (χ2v) is 3.75. The fourth-order valence-corrected chi connectivity index (χ4v) is 1.47. The Bertz CT molecular complexity index is 418. The van der Waals surface area contributed by atoms with Crippen molar-refractivity contribution in [3.05, 3.63) is 29.3 Å². The summed E-state index contributed by atoms with van der Waals surface area (Å²) in [6, 6.07) is -0.0595. The Labute approximate surface area is 82.2 Å². The Kier molecular flexibility index (Phi) is 3.38. The van der Waals surface area contributed by atoms with Gasteiger partial charge in [0.15, 0.2) is 23.3 Å². The molecule has 1 atom stereocenters. The summed E-state index contributed by atoms with van der Waals surface area (Å²) in [6.07, 6.45) is 0. The van der Waals surface area contributed by atoms with Crippen LogP contribution in [0.4, 0.5) is 26.3 Å². The number of hydrogen-bond acceptors (Lipinski definition) is 1. The Morgan fingerprint density at radius 3 is 2.00 bits per heavy atom. The van der Waals surface area contributed by atoms with Crippen LogP contribution in [0.3, 0.4) is 0 Å². The van der Waals surface area contributed by atoms with Gasteiger partial charge in [-0.2, -0.15) is 8.78 Å². The first-order valence-corrected chi connectivity index (χ1v) is 4.59. The summed E-state index contributed by atoms with van der Waals surface area (Å²) in [5.41, 5.74) is 0. The maximum Gasteiger partial charge on any atom is 0.316 e. The third kappa shape index (κ3) is 2.14. The topological polar surface area (TPSA) is 17.1 Å². The summed E-state index contributed by atoms with van der Waals surface area (Å²) in [7, 11) is -3.23. The van der Waals surface area contributed by atoms with Crippen molar-refractivity contribution in [1.82, 2.24) is 0 Å². The maximum atomic E-state index is 12.7. The van der Waals surface area contributed by atoms with Crippen molar-refractivity contribution in [3.63, 3.8) is 0 Å². The predicted molar refractivity (Wildman–Crippen MR) is 38.7 cm³/mol. The highest BCUT2D eigenvalue weighted by molar-refractivity contribution is 7.85. The third-order valence-corrected chi connectivity index (χ3v) is 2.50. The van der Waals surface area contributed by atoms with Gasteiger partial charge in [-0.3, -0.25) is 0 Å². The van der Waals surface area contributed by atoms with E-state index < -0.39 is 44.7 Å². The van der Waals surface area contributed by atoms with Crippen molar-refractivity contribution < 1.29 is 30.6 Å². The second-order valence-electron chi connectivity index (χ2n) is 2.36. The zero-order valence-electron chi connectivity index (χ0n) is 6.74. The lowest BCUT2D eigenvalue weighted by Gasteiger charge is -2.04. The monoisotopic (exact) mass is 248 g/mol. The molecule has 15 heavy (non-hydrogen) atoms. The molecule has 0 heterocycles. The van der Waals surface area contributed by atoms with Gasteiger partial charge in [0.1, 0.15) is 10.8 Å². The standard InChI is InChI=1S/C7H2F6OS/c8-2-1-3(15(14)7(12)13)5(10)6(11)4(2)9/h1,7H. The van der Waals surface area contributed by atoms with Crippen LogP contribution in [0.5, 0.6) is 0 Å². The van der Waals surface area contributed by atoms with Gasteiger partial charge < -0.3 is 0 Å². The van der Waals surface area contributed by atoms with Gasteiger partial charge >= 0.3 is 5.76 Å². The minimum Gasteiger partial charge on any atom is -0.248 e. The molecule has 0 saturated heterocycles. The zero-order valence-corrected chi connectivity index (χ0v) is 7.56. The summed E-state index contributed by atoms with van der Waals surface area (Å²) < 4.78 is 84.4. The van der Waals surface area contributed by atoms with E-state index >= 15 is 0 Å². The lowest BCUT2D eigenvalue weighted by molar-refractivity contribution is 0.243. The molecule has 1 unspecified atom stereocenters. The highest BCUT2D eigenvalue weighted by Gasteiger charge is 2.26. The van der Waals surface area contributed by atoms with E-state index in [0.717, 1.165) is 0 Å². The smallest absolute Gasteiger partial charge is 0.248 e. The summed E-state index contributed by atoms with van der Waals surface area (Å²) in [5, 5.41) is 0. The molecule has 1 rings (SSSR count). The third-order valence-electron chi connectivity index (χ3n) is 1.45. The van der Waals surface area contributed by atoms with Gasteiger partial charge in [0.05, 0.1) is 4.90 Å². The van der Waals surface area contributed by atoms with Gasteiger partial charge in [0.25, 0.3) is 0 Å². The van der Waals surface area contributed by atoms with Gasteiger partial charge in [-0.1, -0.05) is 0 Å². The van der Waals surface area contributed by atoms with Crippen LogP contribution in [0, 0.1) is 23.3 Å². The Morgan fingerprint density at radius 2 is 1.53 bits per heavy atom. The molecule has 0 saturated carbocycles. The molecule has 0 N–H and O–H groups in total. The van der Waals surface area contributed by atoms with Gasteiger partial charge in [-0.25, -0.2) is 21.8 Å². The molecular formula is C7H2F6OS. The van der Waals surface area contributed by atoms with Crippen molar-refractivity contribution in [1.29, 1.82) is 0 Å². The number of rotatable bonds is 2. The molecule has 0 spiro atoms. The van der Waals surface area contributed by atoms with Crippen molar-refractivity contribution in [3.8, 4) is 0 Å². The van der Waals surface area contributed by atoms with Crippen molar-refractivity contribution in [2.24, 2.45) is 0 Å². The number of benzene rings is 1. The average Bonchev–Trinajstić information content (AvgIpc) is 2.19. The number of hydrogen-bond donors (Lipinski definition) is 0. The lowest BCUT2D eigenvalue weighted by atomic mass is 10.3. The molecule has 0 amide bonds. The van der Waals surface area contributed by atoms with E-state index in [4.69, 9.17) is 0 Å². The Hall–Kier alpha value is -1.05. The molecule has 0 aliphatic carbocycles. The first-order valence-electron chi connectivity index (χ1n) is 3.38. The second kappa shape index (κ2) is 4.21. The van der Waals surface area contributed by atoms with Crippen molar-refractivity contribution >= 4 is 10.8 Å². The largest absolute Gasteiger partial charge is 0.316 e. The summed E-state index contributed by atoms with van der Waals surface area (Å²) in [6.45, 7) is 0. The highest BCUT2D eigenvalue weighted by atomic mass is 32.2. The first kappa shape index (κ1) is 12.0. The molecular weight excluding hydrogens is 246 g/mol. The van der Waals surface area contributed by atoms with Crippen LogP contribution in [0.2, 0.25) is 0 Å². The first-order chi connectivity index (χ1) is 6.86. The molecule has 84 valence electrons. The van der Waals surface area contributed by atoms with E-state index in [9.17, 15) is 30.6 Å². The predicted octanol–water partition coefficient (Wildman–Crippen LogP) is 2.57. The van der Waals surface area contributed by atoms with Gasteiger partial charge in [0, 0.05) is 0 Å². The van der Waals surface area contributed by atoms with Gasteiger partial charge in [0.2, 0.25) is 0 Å². The van der Waals surface area contributed by atoms with E-state index in [1.807, 2.05) is 0 Å². The SMILES string of the molecule is O=S(c1cc(F)c(F)c(F)c1F)C(F)F. The molecule has 1 aromatic carbocycles. The summed E-state index contributed by atoms with van der Waals surface area (Å²) >= 11 is 0. The minimum absolute atomic E-state index is 0.0595. The van der Waals surface area contributed by atoms with Crippen LogP contribution in [0.15, 0.2) is 11.0 Å². The fourth-order valence-electron chi connectivity index (χ4n) is 0.794. The quantitative estimate of drug-likeness (QED) is 0.446. The Morgan fingerprint density at radius 1 is 1.00 bits per heavy atom. The lowest BCUT2D eigenvalue weighted by Crippen LogP contribution is -2.09. The van der Waals surface area contributed by atoms with Crippen LogP contribution in [-0.4, -0.2) is 9.97 Å². The molecule has 0 radical (unpaired) electrons. The maximum absolute atomic E-state index is 12.7. The zero-order chi connectivity index (χ0) is 11.7. The average molecular weight is 248 g/mol. The Balaban J connectivity index is 3.39. The van der Waals surface area contributed by atoms with Crippen LogP contribution < -0.4 is 0 Å². The van der Waals surface area contributed by atoms with E-state index in [0.29, 0.717) is 0 Å².